The Kier molecular flexibility index (Phi) is 6.24. The smallest absolute Gasteiger partial charge is 0.331 e. The summed E-state index contributed by atoms with van der Waals surface area (Å²) in [5, 5.41) is 0. The third-order valence-corrected chi connectivity index (χ3v) is 3.16. The number of carbonyl (C=O) groups is 1. The summed E-state index contributed by atoms with van der Waals surface area (Å²) in [6, 6.07) is 9.67. The highest BCUT2D eigenvalue weighted by molar-refractivity contribution is 7.86. The van der Waals surface area contributed by atoms with Crippen LogP contribution in [0.3, 0.4) is 0 Å². The summed E-state index contributed by atoms with van der Waals surface area (Å²) in [7, 11) is -3.83. The lowest BCUT2D eigenvalue weighted by Gasteiger charge is -2.05. The molecule has 1 aromatic carbocycles. The third kappa shape index (κ3) is 6.73. The van der Waals surface area contributed by atoms with Gasteiger partial charge in [-0.25, -0.2) is 4.79 Å². The number of carbonyl (C=O) groups excluding carboxylic acids is 1. The van der Waals surface area contributed by atoms with Crippen LogP contribution in [0.2, 0.25) is 0 Å². The number of aryl methyl sites for hydroxylation is 1. The molecule has 0 aliphatic carbocycles. The second-order valence-corrected chi connectivity index (χ2v) is 5.34. The first-order valence-electron chi connectivity index (χ1n) is 5.74. The Morgan fingerprint density at radius 1 is 1.26 bits per heavy atom. The molecular formula is C13H16O5S. The van der Waals surface area contributed by atoms with Crippen molar-refractivity contribution in [2.75, 3.05) is 12.5 Å². The van der Waals surface area contributed by atoms with Gasteiger partial charge in [-0.05, 0) is 18.4 Å². The Balaban J connectivity index is 2.24. The summed E-state index contributed by atoms with van der Waals surface area (Å²) in [6.45, 7) is 3.22. The monoisotopic (exact) mass is 284 g/mol. The zero-order chi connectivity index (χ0) is 14.1. The average Bonchev–Trinajstić information content (AvgIpc) is 2.42. The van der Waals surface area contributed by atoms with Gasteiger partial charge in [0.15, 0.2) is 0 Å². The van der Waals surface area contributed by atoms with Gasteiger partial charge < -0.3 is 4.74 Å². The maximum absolute atomic E-state index is 11.3. The maximum atomic E-state index is 11.3. The van der Waals surface area contributed by atoms with Crippen LogP contribution in [0.25, 0.3) is 0 Å². The van der Waals surface area contributed by atoms with E-state index in [1.807, 2.05) is 30.3 Å². The molecule has 0 heterocycles. The lowest BCUT2D eigenvalue weighted by molar-refractivity contribution is -0.135. The molecule has 0 aromatic heterocycles. The van der Waals surface area contributed by atoms with E-state index < -0.39 is 22.0 Å². The van der Waals surface area contributed by atoms with Crippen molar-refractivity contribution < 1.29 is 22.1 Å². The molecule has 0 spiro atoms. The zero-order valence-corrected chi connectivity index (χ0v) is 11.3. The number of ether oxygens (including phenoxy) is 1. The van der Waals surface area contributed by atoms with Gasteiger partial charge in [-0.15, -0.1) is 0 Å². The molecule has 0 unspecified atom stereocenters. The van der Waals surface area contributed by atoms with Crippen LogP contribution in [0.4, 0.5) is 0 Å². The van der Waals surface area contributed by atoms with Gasteiger partial charge >= 0.3 is 16.1 Å². The van der Waals surface area contributed by atoms with E-state index in [0.29, 0.717) is 6.42 Å². The highest BCUT2D eigenvalue weighted by Crippen LogP contribution is 2.04. The average molecular weight is 284 g/mol. The topological polar surface area (TPSA) is 69.7 Å². The molecule has 1 aromatic rings. The van der Waals surface area contributed by atoms with Crippen molar-refractivity contribution in [3.63, 3.8) is 0 Å². The molecule has 19 heavy (non-hydrogen) atoms. The lowest BCUT2D eigenvalue weighted by atomic mass is 10.1. The van der Waals surface area contributed by atoms with Crippen molar-refractivity contribution in [3.8, 4) is 0 Å². The number of benzene rings is 1. The number of rotatable bonds is 8. The summed E-state index contributed by atoms with van der Waals surface area (Å²) in [6.07, 6.45) is 2.19. The Morgan fingerprint density at radius 3 is 2.58 bits per heavy atom. The van der Waals surface area contributed by atoms with Crippen molar-refractivity contribution in [3.05, 3.63) is 48.6 Å². The fourth-order valence-electron chi connectivity index (χ4n) is 1.33. The molecule has 0 amide bonds. The highest BCUT2D eigenvalue weighted by Gasteiger charge is 2.13. The second-order valence-electron chi connectivity index (χ2n) is 3.75. The maximum Gasteiger partial charge on any atom is 0.331 e. The minimum absolute atomic E-state index is 0.0584. The Labute approximate surface area is 113 Å². The fourth-order valence-corrected chi connectivity index (χ4v) is 2.03. The first-order chi connectivity index (χ1) is 9.03. The predicted octanol–water partition coefficient (Wildman–Crippen LogP) is 1.65. The molecule has 6 heteroatoms. The standard InChI is InChI=1S/C13H16O5S/c1-2-13(14)17-11-19(15,16)18-10-6-9-12-7-4-3-5-8-12/h2-5,7-8H,1,6,9-11H2. The van der Waals surface area contributed by atoms with Crippen LogP contribution in [0.1, 0.15) is 12.0 Å². The molecule has 0 saturated heterocycles. The quantitative estimate of drug-likeness (QED) is 0.314. The van der Waals surface area contributed by atoms with Crippen molar-refractivity contribution in [1.29, 1.82) is 0 Å². The van der Waals surface area contributed by atoms with Gasteiger partial charge in [-0.3, -0.25) is 4.18 Å². The van der Waals surface area contributed by atoms with Crippen LogP contribution in [0.15, 0.2) is 43.0 Å². The van der Waals surface area contributed by atoms with E-state index in [1.54, 1.807) is 0 Å². The number of esters is 1. The summed E-state index contributed by atoms with van der Waals surface area (Å²) in [5.74, 6) is -1.58. The van der Waals surface area contributed by atoms with Gasteiger partial charge in [0.05, 0.1) is 6.61 Å². The number of hydrogen-bond acceptors (Lipinski definition) is 5. The molecular weight excluding hydrogens is 268 g/mol. The molecule has 104 valence electrons. The van der Waals surface area contributed by atoms with Crippen LogP contribution < -0.4 is 0 Å². The summed E-state index contributed by atoms with van der Waals surface area (Å²) < 4.78 is 31.8. The van der Waals surface area contributed by atoms with E-state index in [1.165, 1.54) is 0 Å². The normalized spacial score (nSPS) is 10.9. The molecule has 5 nitrogen and oxygen atoms in total. The summed E-state index contributed by atoms with van der Waals surface area (Å²) in [4.78, 5) is 10.7. The molecule has 0 aliphatic rings. The molecule has 0 saturated carbocycles. The van der Waals surface area contributed by atoms with Gasteiger partial charge in [0.1, 0.15) is 0 Å². The molecule has 0 fully saturated rings. The van der Waals surface area contributed by atoms with E-state index in [4.69, 9.17) is 4.18 Å². The molecule has 0 N–H and O–H groups in total. The molecule has 0 aliphatic heterocycles. The third-order valence-electron chi connectivity index (χ3n) is 2.23. The van der Waals surface area contributed by atoms with E-state index in [-0.39, 0.29) is 6.61 Å². The van der Waals surface area contributed by atoms with Gasteiger partial charge in [0, 0.05) is 6.08 Å². The Hall–Kier alpha value is -1.66. The van der Waals surface area contributed by atoms with E-state index in [2.05, 4.69) is 11.3 Å². The minimum Gasteiger partial charge on any atom is -0.444 e. The predicted molar refractivity (Wildman–Crippen MR) is 70.8 cm³/mol. The molecule has 1 rings (SSSR count). The van der Waals surface area contributed by atoms with E-state index in [9.17, 15) is 13.2 Å². The first-order valence-corrected chi connectivity index (χ1v) is 7.31. The summed E-state index contributed by atoms with van der Waals surface area (Å²) in [5.41, 5.74) is 1.11. The highest BCUT2D eigenvalue weighted by atomic mass is 32.2. The molecule has 0 atom stereocenters. The first kappa shape index (κ1) is 15.4. The van der Waals surface area contributed by atoms with Crippen LogP contribution in [0.5, 0.6) is 0 Å². The van der Waals surface area contributed by atoms with Crippen LogP contribution in [-0.2, 0) is 30.3 Å². The largest absolute Gasteiger partial charge is 0.444 e. The summed E-state index contributed by atoms with van der Waals surface area (Å²) >= 11 is 0. The number of hydrogen-bond donors (Lipinski definition) is 0. The Morgan fingerprint density at radius 2 is 1.95 bits per heavy atom. The zero-order valence-electron chi connectivity index (χ0n) is 10.4. The van der Waals surface area contributed by atoms with Crippen LogP contribution in [-0.4, -0.2) is 26.9 Å². The Bertz CT molecular complexity index is 507. The fraction of sp³-hybridized carbons (Fsp3) is 0.308. The minimum atomic E-state index is -3.83. The molecule has 0 bridgehead atoms. The SMILES string of the molecule is C=CC(=O)OCS(=O)(=O)OCCCc1ccccc1. The second kappa shape index (κ2) is 7.70. The van der Waals surface area contributed by atoms with Crippen molar-refractivity contribution in [2.45, 2.75) is 12.8 Å². The van der Waals surface area contributed by atoms with Gasteiger partial charge in [0.25, 0.3) is 0 Å². The van der Waals surface area contributed by atoms with Crippen molar-refractivity contribution in [2.24, 2.45) is 0 Å². The van der Waals surface area contributed by atoms with E-state index in [0.717, 1.165) is 18.1 Å². The van der Waals surface area contributed by atoms with Crippen molar-refractivity contribution >= 4 is 16.1 Å². The van der Waals surface area contributed by atoms with Gasteiger partial charge in [-0.2, -0.15) is 8.42 Å². The van der Waals surface area contributed by atoms with Gasteiger partial charge in [0.2, 0.25) is 5.94 Å². The van der Waals surface area contributed by atoms with Gasteiger partial charge in [-0.1, -0.05) is 36.9 Å². The van der Waals surface area contributed by atoms with E-state index >= 15 is 0 Å². The lowest BCUT2D eigenvalue weighted by Crippen LogP contribution is -2.16. The van der Waals surface area contributed by atoms with Crippen LogP contribution >= 0.6 is 0 Å². The van der Waals surface area contributed by atoms with Crippen molar-refractivity contribution in [1.82, 2.24) is 0 Å². The molecule has 0 radical (unpaired) electrons. The van der Waals surface area contributed by atoms with Crippen LogP contribution in [0, 0.1) is 0 Å².